The Labute approximate surface area is 186 Å². The second-order valence-corrected chi connectivity index (χ2v) is 10.3. The summed E-state index contributed by atoms with van der Waals surface area (Å²) in [6, 6.07) is 17.5. The number of carbonyl (C=O) groups is 1. The number of esters is 1. The summed E-state index contributed by atoms with van der Waals surface area (Å²) < 4.78 is 34.0. The highest BCUT2D eigenvalue weighted by atomic mass is 32.2. The minimum absolute atomic E-state index is 0.0667. The van der Waals surface area contributed by atoms with Crippen LogP contribution in [0.2, 0.25) is 0 Å². The molecule has 1 N–H and O–H groups in total. The standard InChI is InChI=1S/C22H25N3O4S2/c1-25(2)15-18(14-21(26)29-16-17-8-4-3-5-9-17)24-31(27,28)22-12-11-20(30-22)19-10-6-7-13-23-19/h3-13,18,24H,14-16H2,1-2H3/t18-/m1/s1. The first-order valence-electron chi connectivity index (χ1n) is 9.71. The maximum Gasteiger partial charge on any atom is 0.307 e. The van der Waals surface area contributed by atoms with Crippen molar-refractivity contribution in [3.8, 4) is 10.6 Å². The van der Waals surface area contributed by atoms with Gasteiger partial charge in [-0.3, -0.25) is 9.78 Å². The van der Waals surface area contributed by atoms with Crippen LogP contribution in [0.5, 0.6) is 0 Å². The molecule has 1 aromatic carbocycles. The molecular weight excluding hydrogens is 434 g/mol. The van der Waals surface area contributed by atoms with Crippen LogP contribution >= 0.6 is 11.3 Å². The van der Waals surface area contributed by atoms with E-state index in [9.17, 15) is 13.2 Å². The molecule has 0 aliphatic carbocycles. The van der Waals surface area contributed by atoms with Crippen LogP contribution in [0.3, 0.4) is 0 Å². The molecule has 0 saturated carbocycles. The summed E-state index contributed by atoms with van der Waals surface area (Å²) in [5.74, 6) is -0.459. The number of thiophene rings is 1. The van der Waals surface area contributed by atoms with Crippen molar-refractivity contribution >= 4 is 27.3 Å². The summed E-state index contributed by atoms with van der Waals surface area (Å²) in [5.41, 5.74) is 1.59. The molecule has 0 saturated heterocycles. The molecule has 0 aliphatic rings. The Morgan fingerprint density at radius 2 is 1.84 bits per heavy atom. The zero-order valence-electron chi connectivity index (χ0n) is 17.4. The smallest absolute Gasteiger partial charge is 0.307 e. The molecule has 0 bridgehead atoms. The van der Waals surface area contributed by atoms with Crippen LogP contribution in [-0.4, -0.2) is 51.0 Å². The maximum absolute atomic E-state index is 12.9. The second kappa shape index (κ2) is 10.6. The van der Waals surface area contributed by atoms with E-state index in [2.05, 4.69) is 9.71 Å². The van der Waals surface area contributed by atoms with Crippen LogP contribution in [0.4, 0.5) is 0 Å². The average molecular weight is 460 g/mol. The van der Waals surface area contributed by atoms with Crippen molar-refractivity contribution in [1.82, 2.24) is 14.6 Å². The Balaban J connectivity index is 1.66. The third kappa shape index (κ3) is 6.96. The number of nitrogens with zero attached hydrogens (tertiary/aromatic N) is 2. The first-order valence-corrected chi connectivity index (χ1v) is 12.0. The predicted octanol–water partition coefficient (Wildman–Crippen LogP) is 3.15. The molecule has 7 nitrogen and oxygen atoms in total. The van der Waals surface area contributed by atoms with Gasteiger partial charge in [-0.2, -0.15) is 0 Å². The summed E-state index contributed by atoms with van der Waals surface area (Å²) in [6.07, 6.45) is 1.60. The van der Waals surface area contributed by atoms with Gasteiger partial charge in [0.05, 0.1) is 17.0 Å². The zero-order valence-corrected chi connectivity index (χ0v) is 19.0. The quantitative estimate of drug-likeness (QED) is 0.469. The van der Waals surface area contributed by atoms with Gasteiger partial charge in [0.2, 0.25) is 10.0 Å². The third-order valence-corrected chi connectivity index (χ3v) is 7.45. The molecule has 0 radical (unpaired) electrons. The van der Waals surface area contributed by atoms with Crippen molar-refractivity contribution < 1.29 is 17.9 Å². The summed E-state index contributed by atoms with van der Waals surface area (Å²) in [4.78, 5) is 19.2. The van der Waals surface area contributed by atoms with E-state index >= 15 is 0 Å². The normalized spacial score (nSPS) is 12.6. The van der Waals surface area contributed by atoms with Gasteiger partial charge in [0.1, 0.15) is 10.8 Å². The minimum atomic E-state index is -3.80. The summed E-state index contributed by atoms with van der Waals surface area (Å²) in [5, 5.41) is 0. The maximum atomic E-state index is 12.9. The van der Waals surface area contributed by atoms with Gasteiger partial charge in [0.25, 0.3) is 0 Å². The van der Waals surface area contributed by atoms with E-state index in [0.717, 1.165) is 21.8 Å². The van der Waals surface area contributed by atoms with Gasteiger partial charge in [-0.1, -0.05) is 36.4 Å². The van der Waals surface area contributed by atoms with Gasteiger partial charge in [0.15, 0.2) is 0 Å². The molecule has 31 heavy (non-hydrogen) atoms. The molecule has 9 heteroatoms. The van der Waals surface area contributed by atoms with Crippen LogP contribution in [0.25, 0.3) is 10.6 Å². The highest BCUT2D eigenvalue weighted by molar-refractivity contribution is 7.91. The number of rotatable bonds is 10. The fourth-order valence-corrected chi connectivity index (χ4v) is 5.50. The number of aromatic nitrogens is 1. The van der Waals surface area contributed by atoms with Crippen LogP contribution in [-0.2, 0) is 26.2 Å². The van der Waals surface area contributed by atoms with E-state index in [1.165, 1.54) is 0 Å². The SMILES string of the molecule is CN(C)C[C@@H](CC(=O)OCc1ccccc1)NS(=O)(=O)c1ccc(-c2ccccn2)s1. The monoisotopic (exact) mass is 459 g/mol. The van der Waals surface area contributed by atoms with E-state index < -0.39 is 22.0 Å². The highest BCUT2D eigenvalue weighted by Crippen LogP contribution is 2.29. The molecule has 2 heterocycles. The third-order valence-electron chi connectivity index (χ3n) is 4.33. The number of carbonyl (C=O) groups excluding carboxylic acids is 1. The lowest BCUT2D eigenvalue weighted by atomic mass is 10.2. The van der Waals surface area contributed by atoms with Crippen LogP contribution in [0.15, 0.2) is 71.1 Å². The number of likely N-dealkylation sites (N-methyl/N-ethyl adjacent to an activating group) is 1. The lowest BCUT2D eigenvalue weighted by molar-refractivity contribution is -0.145. The van der Waals surface area contributed by atoms with Gasteiger partial charge in [-0.05, 0) is 43.9 Å². The number of sulfonamides is 1. The molecule has 0 unspecified atom stereocenters. The highest BCUT2D eigenvalue weighted by Gasteiger charge is 2.25. The van der Waals surface area contributed by atoms with Crippen LogP contribution in [0, 0.1) is 0 Å². The molecule has 0 aliphatic heterocycles. The molecule has 0 amide bonds. The minimum Gasteiger partial charge on any atom is -0.461 e. The Morgan fingerprint density at radius 1 is 1.10 bits per heavy atom. The zero-order chi connectivity index (χ0) is 22.3. The molecule has 3 rings (SSSR count). The van der Waals surface area contributed by atoms with Gasteiger partial charge >= 0.3 is 5.97 Å². The first-order chi connectivity index (χ1) is 14.8. The van der Waals surface area contributed by atoms with Crippen molar-refractivity contribution in [1.29, 1.82) is 0 Å². The lowest BCUT2D eigenvalue weighted by Gasteiger charge is -2.21. The van der Waals surface area contributed by atoms with E-state index in [4.69, 9.17) is 4.74 Å². The molecule has 1 atom stereocenters. The Morgan fingerprint density at radius 3 is 2.52 bits per heavy atom. The predicted molar refractivity (Wildman–Crippen MR) is 121 cm³/mol. The van der Waals surface area contributed by atoms with Crippen molar-refractivity contribution in [2.45, 2.75) is 23.3 Å². The number of pyridine rings is 1. The van der Waals surface area contributed by atoms with Gasteiger partial charge in [-0.15, -0.1) is 11.3 Å². The van der Waals surface area contributed by atoms with Crippen molar-refractivity contribution in [3.05, 3.63) is 72.4 Å². The number of benzene rings is 1. The first kappa shape index (κ1) is 23.1. The van der Waals surface area contributed by atoms with Gasteiger partial charge < -0.3 is 9.64 Å². The van der Waals surface area contributed by atoms with Crippen LogP contribution < -0.4 is 4.72 Å². The van der Waals surface area contributed by atoms with Gasteiger partial charge in [-0.25, -0.2) is 13.1 Å². The molecule has 164 valence electrons. The fourth-order valence-electron chi connectivity index (χ4n) is 2.97. The molecule has 0 fully saturated rings. The number of ether oxygens (including phenoxy) is 1. The van der Waals surface area contributed by atoms with E-state index in [0.29, 0.717) is 12.2 Å². The fraction of sp³-hybridized carbons (Fsp3) is 0.273. The number of nitrogens with one attached hydrogen (secondary N) is 1. The lowest BCUT2D eigenvalue weighted by Crippen LogP contribution is -2.43. The Kier molecular flexibility index (Phi) is 7.91. The Bertz CT molecular complexity index is 1080. The van der Waals surface area contributed by atoms with Crippen molar-refractivity contribution in [3.63, 3.8) is 0 Å². The number of hydrogen-bond acceptors (Lipinski definition) is 7. The summed E-state index contributed by atoms with van der Waals surface area (Å²) in [6.45, 7) is 0.512. The van der Waals surface area contributed by atoms with Crippen molar-refractivity contribution in [2.24, 2.45) is 0 Å². The van der Waals surface area contributed by atoms with E-state index in [-0.39, 0.29) is 17.2 Å². The topological polar surface area (TPSA) is 88.6 Å². The Hall–Kier alpha value is -2.59. The van der Waals surface area contributed by atoms with E-state index in [1.807, 2.05) is 61.5 Å². The molecule has 3 aromatic rings. The van der Waals surface area contributed by atoms with Crippen molar-refractivity contribution in [2.75, 3.05) is 20.6 Å². The molecule has 0 spiro atoms. The van der Waals surface area contributed by atoms with E-state index in [1.54, 1.807) is 24.4 Å². The molecule has 2 aromatic heterocycles. The summed E-state index contributed by atoms with van der Waals surface area (Å²) >= 11 is 1.14. The van der Waals surface area contributed by atoms with Crippen LogP contribution in [0.1, 0.15) is 12.0 Å². The summed E-state index contributed by atoms with van der Waals surface area (Å²) in [7, 11) is -0.158. The number of hydrogen-bond donors (Lipinski definition) is 1. The van der Waals surface area contributed by atoms with Gasteiger partial charge in [0, 0.05) is 18.8 Å². The average Bonchev–Trinajstić information content (AvgIpc) is 3.24. The molecular formula is C22H25N3O4S2. The second-order valence-electron chi connectivity index (χ2n) is 7.26. The largest absolute Gasteiger partial charge is 0.461 e.